The Bertz CT molecular complexity index is 1180. The maximum absolute atomic E-state index is 13.4. The molecule has 0 atom stereocenters. The van der Waals surface area contributed by atoms with Gasteiger partial charge in [0.2, 0.25) is 0 Å². The Hall–Kier alpha value is -2.86. The number of rotatable bonds is 6. The Labute approximate surface area is 183 Å². The van der Waals surface area contributed by atoms with Gasteiger partial charge in [0.15, 0.2) is 0 Å². The number of hydrogen-bond donors (Lipinski definition) is 0. The SMILES string of the molecule is CCc1ccc(-n2c(CCCc3ccccn3)nc3cc(C(F)(F)F)c(Cl)cc32)cc1. The predicted octanol–water partition coefficient (Wildman–Crippen LogP) is 6.83. The lowest BCUT2D eigenvalue weighted by Gasteiger charge is -2.12. The molecule has 0 fully saturated rings. The number of aromatic nitrogens is 3. The normalized spacial score (nSPS) is 11.9. The summed E-state index contributed by atoms with van der Waals surface area (Å²) >= 11 is 6.02. The number of halogens is 4. The van der Waals surface area contributed by atoms with E-state index in [0.29, 0.717) is 17.8 Å². The summed E-state index contributed by atoms with van der Waals surface area (Å²) in [5.74, 6) is 0.700. The highest BCUT2D eigenvalue weighted by Crippen LogP contribution is 2.38. The van der Waals surface area contributed by atoms with Crippen molar-refractivity contribution in [1.82, 2.24) is 14.5 Å². The largest absolute Gasteiger partial charge is 0.417 e. The minimum atomic E-state index is -4.53. The number of aryl methyl sites for hydroxylation is 3. The van der Waals surface area contributed by atoms with E-state index in [1.165, 1.54) is 11.6 Å². The third-order valence-electron chi connectivity index (χ3n) is 5.28. The van der Waals surface area contributed by atoms with Crippen molar-refractivity contribution in [2.45, 2.75) is 38.8 Å². The molecule has 0 unspecified atom stereocenters. The van der Waals surface area contributed by atoms with E-state index in [2.05, 4.69) is 16.9 Å². The summed E-state index contributed by atoms with van der Waals surface area (Å²) in [7, 11) is 0. The molecule has 3 nitrogen and oxygen atoms in total. The number of pyridine rings is 1. The Morgan fingerprint density at radius 1 is 1.00 bits per heavy atom. The quantitative estimate of drug-likeness (QED) is 0.327. The lowest BCUT2D eigenvalue weighted by atomic mass is 10.1. The van der Waals surface area contributed by atoms with E-state index >= 15 is 0 Å². The molecule has 4 aromatic rings. The molecule has 160 valence electrons. The number of benzene rings is 2. The van der Waals surface area contributed by atoms with E-state index in [-0.39, 0.29) is 10.5 Å². The van der Waals surface area contributed by atoms with Crippen LogP contribution < -0.4 is 0 Å². The van der Waals surface area contributed by atoms with Gasteiger partial charge in [-0.1, -0.05) is 36.7 Å². The first-order valence-electron chi connectivity index (χ1n) is 10.1. The van der Waals surface area contributed by atoms with Crippen molar-refractivity contribution in [2.75, 3.05) is 0 Å². The van der Waals surface area contributed by atoms with Gasteiger partial charge >= 0.3 is 6.18 Å². The molecule has 0 bridgehead atoms. The van der Waals surface area contributed by atoms with E-state index in [1.54, 1.807) is 6.20 Å². The molecule has 0 saturated heterocycles. The fraction of sp³-hybridized carbons (Fsp3) is 0.250. The van der Waals surface area contributed by atoms with Crippen molar-refractivity contribution in [1.29, 1.82) is 0 Å². The number of fused-ring (bicyclic) bond motifs is 1. The summed E-state index contributed by atoms with van der Waals surface area (Å²) < 4.78 is 42.0. The van der Waals surface area contributed by atoms with Crippen molar-refractivity contribution >= 4 is 22.6 Å². The second-order valence-corrected chi connectivity index (χ2v) is 7.78. The Kier molecular flexibility index (Phi) is 6.01. The summed E-state index contributed by atoms with van der Waals surface area (Å²) in [4.78, 5) is 8.89. The second kappa shape index (κ2) is 8.71. The van der Waals surface area contributed by atoms with Crippen molar-refractivity contribution in [3.05, 3.63) is 88.5 Å². The number of imidazole rings is 1. The molecule has 0 spiro atoms. The average molecular weight is 444 g/mol. The average Bonchev–Trinajstić information content (AvgIpc) is 3.10. The third-order valence-corrected chi connectivity index (χ3v) is 5.59. The molecular formula is C24H21ClF3N3. The van der Waals surface area contributed by atoms with Gasteiger partial charge in [-0.3, -0.25) is 9.55 Å². The molecule has 0 aliphatic heterocycles. The Balaban J connectivity index is 1.76. The van der Waals surface area contributed by atoms with Gasteiger partial charge in [0.05, 0.1) is 21.6 Å². The fourth-order valence-electron chi connectivity index (χ4n) is 3.68. The zero-order valence-corrected chi connectivity index (χ0v) is 17.7. The standard InChI is InChI=1S/C24H21ClF3N3/c1-2-16-9-11-18(12-10-16)31-22-15-20(25)19(24(26,27)28)14-21(22)30-23(31)8-5-7-17-6-3-4-13-29-17/h3-4,6,9-15H,2,5,7-8H2,1H3. The summed E-state index contributed by atoms with van der Waals surface area (Å²) in [6.45, 7) is 2.07. The number of alkyl halides is 3. The molecule has 7 heteroatoms. The van der Waals surface area contributed by atoms with Crippen LogP contribution in [-0.2, 0) is 25.4 Å². The monoisotopic (exact) mass is 443 g/mol. The van der Waals surface area contributed by atoms with Crippen LogP contribution in [0, 0.1) is 0 Å². The van der Waals surface area contributed by atoms with Crippen molar-refractivity contribution in [3.8, 4) is 5.69 Å². The van der Waals surface area contributed by atoms with Gasteiger partial charge in [-0.15, -0.1) is 0 Å². The highest BCUT2D eigenvalue weighted by molar-refractivity contribution is 6.32. The summed E-state index contributed by atoms with van der Waals surface area (Å²) in [6, 6.07) is 16.1. The van der Waals surface area contributed by atoms with Crippen LogP contribution in [-0.4, -0.2) is 14.5 Å². The lowest BCUT2D eigenvalue weighted by Crippen LogP contribution is -2.06. The third kappa shape index (κ3) is 4.59. The van der Waals surface area contributed by atoms with Gasteiger partial charge in [-0.2, -0.15) is 13.2 Å². The van der Waals surface area contributed by atoms with Crippen LogP contribution in [0.1, 0.15) is 36.0 Å². The van der Waals surface area contributed by atoms with Crippen LogP contribution in [0.4, 0.5) is 13.2 Å². The molecule has 31 heavy (non-hydrogen) atoms. The lowest BCUT2D eigenvalue weighted by molar-refractivity contribution is -0.137. The first-order chi connectivity index (χ1) is 14.9. The van der Waals surface area contributed by atoms with Crippen LogP contribution in [0.3, 0.4) is 0 Å². The van der Waals surface area contributed by atoms with Crippen LogP contribution >= 0.6 is 11.6 Å². The summed E-state index contributed by atoms with van der Waals surface area (Å²) in [5, 5.41) is -0.327. The van der Waals surface area contributed by atoms with Crippen LogP contribution in [0.25, 0.3) is 16.7 Å². The topological polar surface area (TPSA) is 30.7 Å². The molecular weight excluding hydrogens is 423 g/mol. The van der Waals surface area contributed by atoms with E-state index in [4.69, 9.17) is 11.6 Å². The van der Waals surface area contributed by atoms with E-state index in [1.807, 2.05) is 47.0 Å². The minimum Gasteiger partial charge on any atom is -0.296 e. The molecule has 2 heterocycles. The molecule has 0 saturated carbocycles. The zero-order valence-electron chi connectivity index (χ0n) is 17.0. The van der Waals surface area contributed by atoms with Gasteiger partial charge in [0.25, 0.3) is 0 Å². The zero-order chi connectivity index (χ0) is 22.0. The first kappa shape index (κ1) is 21.4. The maximum atomic E-state index is 13.4. The van der Waals surface area contributed by atoms with Crippen LogP contribution in [0.15, 0.2) is 60.8 Å². The van der Waals surface area contributed by atoms with Crippen molar-refractivity contribution < 1.29 is 13.2 Å². The Morgan fingerprint density at radius 2 is 1.77 bits per heavy atom. The van der Waals surface area contributed by atoms with E-state index in [9.17, 15) is 13.2 Å². The molecule has 2 aromatic carbocycles. The smallest absolute Gasteiger partial charge is 0.296 e. The highest BCUT2D eigenvalue weighted by Gasteiger charge is 2.34. The number of hydrogen-bond acceptors (Lipinski definition) is 2. The molecule has 0 N–H and O–H groups in total. The Morgan fingerprint density at radius 3 is 2.42 bits per heavy atom. The summed E-state index contributed by atoms with van der Waals surface area (Å²) in [6.07, 6.45) is 0.251. The molecule has 4 rings (SSSR count). The van der Waals surface area contributed by atoms with Crippen LogP contribution in [0.5, 0.6) is 0 Å². The predicted molar refractivity (Wildman–Crippen MR) is 117 cm³/mol. The number of nitrogens with zero attached hydrogens (tertiary/aromatic N) is 3. The van der Waals surface area contributed by atoms with Gasteiger partial charge < -0.3 is 0 Å². The van der Waals surface area contributed by atoms with E-state index in [0.717, 1.165) is 36.7 Å². The molecule has 0 aliphatic rings. The minimum absolute atomic E-state index is 0.282. The molecule has 0 amide bonds. The van der Waals surface area contributed by atoms with Gasteiger partial charge in [0.1, 0.15) is 5.82 Å². The fourth-order valence-corrected chi connectivity index (χ4v) is 3.94. The van der Waals surface area contributed by atoms with Crippen molar-refractivity contribution in [3.63, 3.8) is 0 Å². The van der Waals surface area contributed by atoms with E-state index < -0.39 is 11.7 Å². The highest BCUT2D eigenvalue weighted by atomic mass is 35.5. The maximum Gasteiger partial charge on any atom is 0.417 e. The second-order valence-electron chi connectivity index (χ2n) is 7.38. The van der Waals surface area contributed by atoms with Gasteiger partial charge in [0, 0.05) is 24.0 Å². The molecule has 2 aromatic heterocycles. The van der Waals surface area contributed by atoms with Gasteiger partial charge in [-0.05, 0) is 61.2 Å². The van der Waals surface area contributed by atoms with Gasteiger partial charge in [-0.25, -0.2) is 4.98 Å². The van der Waals surface area contributed by atoms with Crippen LogP contribution in [0.2, 0.25) is 5.02 Å². The van der Waals surface area contributed by atoms with Crippen molar-refractivity contribution in [2.24, 2.45) is 0 Å². The molecule has 0 aliphatic carbocycles. The first-order valence-corrected chi connectivity index (χ1v) is 10.5. The molecule has 0 radical (unpaired) electrons. The summed E-state index contributed by atoms with van der Waals surface area (Å²) in [5.41, 5.74) is 2.98.